The first kappa shape index (κ1) is 22.8. The Morgan fingerprint density at radius 2 is 1.74 bits per heavy atom. The van der Waals surface area contributed by atoms with Crippen molar-refractivity contribution < 1.29 is 19.6 Å². The van der Waals surface area contributed by atoms with Crippen LogP contribution >= 0.6 is 11.6 Å². The van der Waals surface area contributed by atoms with Gasteiger partial charge in [0, 0.05) is 10.6 Å². The number of hydrogen-bond acceptors (Lipinski definition) is 3. The maximum absolute atomic E-state index is 13.1. The summed E-state index contributed by atoms with van der Waals surface area (Å²) in [4.78, 5) is 28.8. The van der Waals surface area contributed by atoms with Gasteiger partial charge in [-0.1, -0.05) is 60.1 Å². The summed E-state index contributed by atoms with van der Waals surface area (Å²) in [7, 11) is 0. The zero-order chi connectivity index (χ0) is 22.4. The third kappa shape index (κ3) is 5.24. The van der Waals surface area contributed by atoms with E-state index in [1.165, 1.54) is 15.9 Å². The number of carbonyl (C=O) groups excluding carboxylic acids is 2. The van der Waals surface area contributed by atoms with Gasteiger partial charge >= 0.3 is 0 Å². The molecule has 2 aromatic rings. The number of nitrogens with zero attached hydrogens (tertiary/aromatic N) is 1. The topological polar surface area (TPSA) is 64.9 Å². The molecule has 1 amide bonds. The second-order valence-electron chi connectivity index (χ2n) is 7.51. The molecule has 31 heavy (non-hydrogen) atoms. The molecule has 0 saturated heterocycles. The molecule has 0 aliphatic carbocycles. The van der Waals surface area contributed by atoms with Crippen molar-refractivity contribution in [1.29, 1.82) is 0 Å². The van der Waals surface area contributed by atoms with E-state index >= 15 is 0 Å². The van der Waals surface area contributed by atoms with Gasteiger partial charge < -0.3 is 14.9 Å². The molecule has 1 aliphatic heterocycles. The van der Waals surface area contributed by atoms with Gasteiger partial charge in [0.05, 0.1) is 32.2 Å². The molecule has 0 fully saturated rings. The van der Waals surface area contributed by atoms with E-state index in [2.05, 4.69) is 13.8 Å². The zero-order valence-corrected chi connectivity index (χ0v) is 18.6. The quantitative estimate of drug-likeness (QED) is 0.609. The van der Waals surface area contributed by atoms with Crippen molar-refractivity contribution in [3.63, 3.8) is 0 Å². The van der Waals surface area contributed by atoms with Crippen molar-refractivity contribution in [2.24, 2.45) is 0 Å². The highest BCUT2D eigenvalue weighted by Gasteiger charge is 2.38. The second-order valence-corrected chi connectivity index (χ2v) is 7.95. The molecule has 0 aromatic heterocycles. The molecule has 1 N–H and O–H groups in total. The molecule has 2 aromatic carbocycles. The number of amides is 1. The molecule has 0 saturated carbocycles. The Morgan fingerprint density at radius 3 is 2.35 bits per heavy atom. The number of halogens is 1. The monoisotopic (exact) mass is 438 g/mol. The summed E-state index contributed by atoms with van der Waals surface area (Å²) in [6.45, 7) is 7.12. The van der Waals surface area contributed by atoms with Crippen LogP contribution in [0.5, 0.6) is 0 Å². The van der Waals surface area contributed by atoms with Gasteiger partial charge in [-0.2, -0.15) is 0 Å². The van der Waals surface area contributed by atoms with Crippen molar-refractivity contribution in [3.8, 4) is 0 Å². The predicted molar refractivity (Wildman–Crippen MR) is 120 cm³/mol. The third-order valence-corrected chi connectivity index (χ3v) is 5.92. The number of hydrogen-bond donors (Lipinski definition) is 1. The van der Waals surface area contributed by atoms with Gasteiger partial charge in [-0.05, 0) is 48.9 Å². The fourth-order valence-corrected chi connectivity index (χ4v) is 3.95. The number of carbonyl (C=O) groups is 2. The number of ketones is 1. The summed E-state index contributed by atoms with van der Waals surface area (Å²) in [5.74, 6) is -1.79. The second kappa shape index (κ2) is 10.4. The van der Waals surface area contributed by atoms with Crippen LogP contribution in [0.2, 0.25) is 5.02 Å². The van der Waals surface area contributed by atoms with Gasteiger partial charge in [-0.25, -0.2) is 0 Å². The minimum atomic E-state index is -0.725. The lowest BCUT2D eigenvalue weighted by Crippen LogP contribution is -3.12. The highest BCUT2D eigenvalue weighted by molar-refractivity contribution is 6.30. The summed E-state index contributed by atoms with van der Waals surface area (Å²) in [6, 6.07) is 15.6. The number of likely N-dealkylation sites (N-methyl/N-ethyl adjacent to an activating group) is 1. The minimum Gasteiger partial charge on any atom is -0.868 e. The van der Waals surface area contributed by atoms with Gasteiger partial charge in [0.2, 0.25) is 5.91 Å². The molecule has 1 atom stereocenters. The van der Waals surface area contributed by atoms with Gasteiger partial charge in [0.15, 0.2) is 5.78 Å². The lowest BCUT2D eigenvalue weighted by atomic mass is 9.95. The van der Waals surface area contributed by atoms with Crippen LogP contribution in [0.15, 0.2) is 72.0 Å². The zero-order valence-electron chi connectivity index (χ0n) is 17.8. The van der Waals surface area contributed by atoms with Gasteiger partial charge in [-0.15, -0.1) is 0 Å². The first-order valence-electron chi connectivity index (χ1n) is 10.5. The molecule has 0 radical (unpaired) electrons. The SMILES string of the molecule is CC[NH+](CC)CCN1C(=O)C([O-])=C(C(=O)C=Cc2ccccc2)C1c1ccc(Cl)cc1. The minimum absolute atomic E-state index is 0.00551. The molecule has 3 rings (SSSR count). The summed E-state index contributed by atoms with van der Waals surface area (Å²) in [5, 5.41) is 13.4. The number of nitrogens with one attached hydrogen (secondary N) is 1. The van der Waals surface area contributed by atoms with Crippen molar-refractivity contribution in [2.45, 2.75) is 19.9 Å². The van der Waals surface area contributed by atoms with E-state index < -0.39 is 23.5 Å². The van der Waals surface area contributed by atoms with Crippen LogP contribution in [-0.4, -0.2) is 42.8 Å². The molecular weight excluding hydrogens is 412 g/mol. The number of rotatable bonds is 9. The van der Waals surface area contributed by atoms with E-state index in [1.807, 2.05) is 30.3 Å². The van der Waals surface area contributed by atoms with E-state index in [0.29, 0.717) is 23.7 Å². The fraction of sp³-hybridized carbons (Fsp3) is 0.280. The molecule has 1 heterocycles. The summed E-state index contributed by atoms with van der Waals surface area (Å²) in [5.41, 5.74) is 1.54. The Kier molecular flexibility index (Phi) is 7.66. The third-order valence-electron chi connectivity index (χ3n) is 5.67. The maximum Gasteiger partial charge on any atom is 0.240 e. The largest absolute Gasteiger partial charge is 0.868 e. The molecule has 6 heteroatoms. The van der Waals surface area contributed by atoms with Crippen LogP contribution in [0.3, 0.4) is 0 Å². The first-order chi connectivity index (χ1) is 15.0. The average molecular weight is 439 g/mol. The molecule has 162 valence electrons. The van der Waals surface area contributed by atoms with Crippen LogP contribution in [0, 0.1) is 0 Å². The standard InChI is InChI=1S/C25H27ClN2O3/c1-3-27(4-2)16-17-28-23(19-11-13-20(26)14-12-19)22(24(30)25(28)31)21(29)15-10-18-8-6-5-7-9-18/h5-15,23,30H,3-4,16-17H2,1-2H3. The van der Waals surface area contributed by atoms with E-state index in [0.717, 1.165) is 18.7 Å². The van der Waals surface area contributed by atoms with Gasteiger partial charge in [0.1, 0.15) is 0 Å². The highest BCUT2D eigenvalue weighted by Crippen LogP contribution is 2.37. The number of allylic oxidation sites excluding steroid dienone is 1. The molecule has 0 spiro atoms. The van der Waals surface area contributed by atoms with Crippen molar-refractivity contribution in [3.05, 3.63) is 88.2 Å². The highest BCUT2D eigenvalue weighted by atomic mass is 35.5. The Labute approximate surface area is 188 Å². The molecule has 5 nitrogen and oxygen atoms in total. The van der Waals surface area contributed by atoms with Gasteiger partial charge in [-0.3, -0.25) is 9.59 Å². The van der Waals surface area contributed by atoms with Crippen LogP contribution in [0.4, 0.5) is 0 Å². The molecule has 0 bridgehead atoms. The first-order valence-corrected chi connectivity index (χ1v) is 10.9. The van der Waals surface area contributed by atoms with Crippen molar-refractivity contribution >= 4 is 29.4 Å². The Balaban J connectivity index is 1.94. The smallest absolute Gasteiger partial charge is 0.240 e. The van der Waals surface area contributed by atoms with Crippen molar-refractivity contribution in [2.75, 3.05) is 26.2 Å². The lowest BCUT2D eigenvalue weighted by molar-refractivity contribution is -0.895. The Bertz CT molecular complexity index is 980. The van der Waals surface area contributed by atoms with E-state index in [-0.39, 0.29) is 5.57 Å². The molecule has 1 aliphatic rings. The van der Waals surface area contributed by atoms with Gasteiger partial charge in [0.25, 0.3) is 0 Å². The summed E-state index contributed by atoms with van der Waals surface area (Å²) in [6.07, 6.45) is 3.03. The predicted octanol–water partition coefficient (Wildman–Crippen LogP) is 2.04. The molecular formula is C25H27ClN2O3. The normalized spacial score (nSPS) is 16.7. The Morgan fingerprint density at radius 1 is 1.10 bits per heavy atom. The van der Waals surface area contributed by atoms with Crippen LogP contribution in [0.25, 0.3) is 6.08 Å². The van der Waals surface area contributed by atoms with E-state index in [9.17, 15) is 14.7 Å². The van der Waals surface area contributed by atoms with E-state index in [4.69, 9.17) is 11.6 Å². The number of benzene rings is 2. The summed E-state index contributed by atoms with van der Waals surface area (Å²) < 4.78 is 0. The average Bonchev–Trinajstić information content (AvgIpc) is 3.04. The van der Waals surface area contributed by atoms with E-state index in [1.54, 1.807) is 30.3 Å². The summed E-state index contributed by atoms with van der Waals surface area (Å²) >= 11 is 6.03. The number of quaternary nitrogens is 1. The van der Waals surface area contributed by atoms with Crippen LogP contribution in [0.1, 0.15) is 31.0 Å². The van der Waals surface area contributed by atoms with Crippen molar-refractivity contribution in [1.82, 2.24) is 4.90 Å². The fourth-order valence-electron chi connectivity index (χ4n) is 3.82. The Hall–Kier alpha value is -2.89. The molecule has 1 unspecified atom stereocenters. The lowest BCUT2D eigenvalue weighted by Gasteiger charge is -2.28. The van der Waals surface area contributed by atoms with Crippen LogP contribution in [-0.2, 0) is 9.59 Å². The van der Waals surface area contributed by atoms with Crippen LogP contribution < -0.4 is 10.0 Å². The maximum atomic E-state index is 13.1.